The van der Waals surface area contributed by atoms with Gasteiger partial charge in [0.15, 0.2) is 6.61 Å². The zero-order valence-electron chi connectivity index (χ0n) is 16.7. The molecule has 9 nitrogen and oxygen atoms in total. The summed E-state index contributed by atoms with van der Waals surface area (Å²) in [6.07, 6.45) is 0. The summed E-state index contributed by atoms with van der Waals surface area (Å²) in [6, 6.07) is 4.62. The number of methoxy groups -OCH3 is 1. The molecule has 4 amide bonds. The molecule has 9 heteroatoms. The van der Waals surface area contributed by atoms with E-state index in [9.17, 15) is 19.2 Å². The number of carbonyl (C=O) groups is 4. The van der Waals surface area contributed by atoms with Crippen molar-refractivity contribution >= 4 is 23.8 Å². The van der Waals surface area contributed by atoms with E-state index in [-0.39, 0.29) is 12.0 Å². The first-order chi connectivity index (χ1) is 13.1. The molecule has 0 aliphatic heterocycles. The topological polar surface area (TPSA) is 123 Å². The van der Waals surface area contributed by atoms with Gasteiger partial charge in [-0.1, -0.05) is 13.8 Å². The number of carbonyl (C=O) groups excluding carboxylic acids is 4. The fourth-order valence-electron chi connectivity index (χ4n) is 2.15. The lowest BCUT2D eigenvalue weighted by atomic mass is 10.0. The zero-order valence-corrected chi connectivity index (χ0v) is 16.7. The molecule has 0 unspecified atom stereocenters. The van der Waals surface area contributed by atoms with Gasteiger partial charge in [-0.25, -0.2) is 9.59 Å². The first kappa shape index (κ1) is 22.9. The van der Waals surface area contributed by atoms with E-state index in [1.807, 2.05) is 5.32 Å². The molecule has 0 aliphatic rings. The van der Waals surface area contributed by atoms with Crippen LogP contribution < -0.4 is 20.7 Å². The number of nitrogens with one attached hydrogen (secondary N) is 3. The number of rotatable bonds is 8. The molecule has 0 aliphatic carbocycles. The van der Waals surface area contributed by atoms with Crippen LogP contribution in [0.5, 0.6) is 5.75 Å². The minimum atomic E-state index is -0.952. The molecule has 0 heterocycles. The Labute approximate surface area is 164 Å². The number of amides is 4. The Kier molecular flexibility index (Phi) is 8.94. The van der Waals surface area contributed by atoms with Crippen LogP contribution in [-0.2, 0) is 14.3 Å². The van der Waals surface area contributed by atoms with E-state index >= 15 is 0 Å². The van der Waals surface area contributed by atoms with Crippen LogP contribution in [-0.4, -0.2) is 49.6 Å². The first-order valence-corrected chi connectivity index (χ1v) is 8.86. The van der Waals surface area contributed by atoms with Crippen molar-refractivity contribution in [3.05, 3.63) is 29.8 Å². The molecule has 1 atom stereocenters. The van der Waals surface area contributed by atoms with Crippen molar-refractivity contribution in [1.82, 2.24) is 16.0 Å². The van der Waals surface area contributed by atoms with Crippen molar-refractivity contribution in [2.75, 3.05) is 13.7 Å². The standard InChI is InChI=1S/C19H27N3O6/c1-11(2)16(22-17(24)13-6-8-14(27-5)9-7-13)18(25)28-10-15(23)21-19(26)20-12(3)4/h6-9,11-12,16H,10H2,1-5H3,(H,22,24)(H2,20,21,23,26)/t16-/m0/s1. The van der Waals surface area contributed by atoms with Crippen molar-refractivity contribution in [1.29, 1.82) is 0 Å². The lowest BCUT2D eigenvalue weighted by Gasteiger charge is -2.21. The number of hydrogen-bond donors (Lipinski definition) is 3. The third-order valence-corrected chi connectivity index (χ3v) is 3.58. The molecular weight excluding hydrogens is 366 g/mol. The second kappa shape index (κ2) is 10.9. The Morgan fingerprint density at radius 1 is 0.964 bits per heavy atom. The van der Waals surface area contributed by atoms with E-state index in [0.717, 1.165) is 0 Å². The summed E-state index contributed by atoms with van der Waals surface area (Å²) >= 11 is 0. The molecule has 0 radical (unpaired) electrons. The van der Waals surface area contributed by atoms with Crippen molar-refractivity contribution in [3.8, 4) is 5.75 Å². The van der Waals surface area contributed by atoms with Crippen LogP contribution in [0.1, 0.15) is 38.1 Å². The molecule has 1 aromatic rings. The molecule has 0 bridgehead atoms. The molecule has 154 valence electrons. The summed E-state index contributed by atoms with van der Waals surface area (Å²) in [4.78, 5) is 47.8. The Bertz CT molecular complexity index is 700. The molecule has 0 fully saturated rings. The normalized spacial score (nSPS) is 11.5. The second-order valence-electron chi connectivity index (χ2n) is 6.71. The van der Waals surface area contributed by atoms with Crippen LogP contribution in [0.4, 0.5) is 4.79 Å². The predicted molar refractivity (Wildman–Crippen MR) is 102 cm³/mol. The van der Waals surface area contributed by atoms with Gasteiger partial charge >= 0.3 is 12.0 Å². The fourth-order valence-corrected chi connectivity index (χ4v) is 2.15. The number of hydrogen-bond acceptors (Lipinski definition) is 6. The highest BCUT2D eigenvalue weighted by atomic mass is 16.5. The maximum absolute atomic E-state index is 12.4. The third kappa shape index (κ3) is 7.65. The third-order valence-electron chi connectivity index (χ3n) is 3.58. The van der Waals surface area contributed by atoms with Crippen molar-refractivity contribution in [2.24, 2.45) is 5.92 Å². The van der Waals surface area contributed by atoms with Crippen LogP contribution >= 0.6 is 0 Å². The molecule has 3 N–H and O–H groups in total. The largest absolute Gasteiger partial charge is 0.497 e. The van der Waals surface area contributed by atoms with Gasteiger partial charge in [-0.05, 0) is 44.0 Å². The quantitative estimate of drug-likeness (QED) is 0.571. The molecular formula is C19H27N3O6. The van der Waals surface area contributed by atoms with Gasteiger partial charge in [0.25, 0.3) is 11.8 Å². The minimum Gasteiger partial charge on any atom is -0.497 e. The molecule has 28 heavy (non-hydrogen) atoms. The van der Waals surface area contributed by atoms with Crippen LogP contribution in [0.3, 0.4) is 0 Å². The summed E-state index contributed by atoms with van der Waals surface area (Å²) in [7, 11) is 1.52. The predicted octanol–water partition coefficient (Wildman–Crippen LogP) is 1.23. The Morgan fingerprint density at radius 2 is 1.57 bits per heavy atom. The van der Waals surface area contributed by atoms with E-state index in [1.54, 1.807) is 52.0 Å². The fraction of sp³-hybridized carbons (Fsp3) is 0.474. The van der Waals surface area contributed by atoms with E-state index in [1.165, 1.54) is 7.11 Å². The van der Waals surface area contributed by atoms with Gasteiger partial charge < -0.3 is 20.1 Å². The van der Waals surface area contributed by atoms with Gasteiger partial charge in [0.1, 0.15) is 11.8 Å². The van der Waals surface area contributed by atoms with Crippen LogP contribution in [0, 0.1) is 5.92 Å². The maximum atomic E-state index is 12.4. The average molecular weight is 393 g/mol. The summed E-state index contributed by atoms with van der Waals surface area (Å²) < 4.78 is 9.98. The highest BCUT2D eigenvalue weighted by molar-refractivity contribution is 5.98. The van der Waals surface area contributed by atoms with Crippen LogP contribution in [0.2, 0.25) is 0 Å². The Hall–Kier alpha value is -3.10. The van der Waals surface area contributed by atoms with Crippen LogP contribution in [0.15, 0.2) is 24.3 Å². The summed E-state index contributed by atoms with van der Waals surface area (Å²) in [6.45, 7) is 6.31. The number of esters is 1. The zero-order chi connectivity index (χ0) is 21.3. The molecule has 0 spiro atoms. The SMILES string of the molecule is COc1ccc(C(=O)N[C@H](C(=O)OCC(=O)NC(=O)NC(C)C)C(C)C)cc1. The van der Waals surface area contributed by atoms with Gasteiger partial charge in [0.05, 0.1) is 7.11 Å². The molecule has 0 saturated heterocycles. The molecule has 1 rings (SSSR count). The van der Waals surface area contributed by atoms with Gasteiger partial charge in [0, 0.05) is 11.6 Å². The number of urea groups is 1. The Morgan fingerprint density at radius 3 is 2.07 bits per heavy atom. The highest BCUT2D eigenvalue weighted by Gasteiger charge is 2.27. The Balaban J connectivity index is 2.62. The molecule has 1 aromatic carbocycles. The van der Waals surface area contributed by atoms with Gasteiger partial charge in [-0.3, -0.25) is 14.9 Å². The van der Waals surface area contributed by atoms with Gasteiger partial charge in [-0.2, -0.15) is 0 Å². The average Bonchev–Trinajstić information content (AvgIpc) is 2.63. The summed E-state index contributed by atoms with van der Waals surface area (Å²) in [5.74, 6) is -1.67. The molecule has 0 aromatic heterocycles. The monoisotopic (exact) mass is 393 g/mol. The van der Waals surface area contributed by atoms with Crippen molar-refractivity contribution in [3.63, 3.8) is 0 Å². The van der Waals surface area contributed by atoms with Crippen molar-refractivity contribution in [2.45, 2.75) is 39.8 Å². The number of benzene rings is 1. The van der Waals surface area contributed by atoms with E-state index in [0.29, 0.717) is 11.3 Å². The van der Waals surface area contributed by atoms with E-state index in [4.69, 9.17) is 9.47 Å². The number of imide groups is 1. The highest BCUT2D eigenvalue weighted by Crippen LogP contribution is 2.12. The second-order valence-corrected chi connectivity index (χ2v) is 6.71. The first-order valence-electron chi connectivity index (χ1n) is 8.86. The maximum Gasteiger partial charge on any atom is 0.329 e. The lowest BCUT2D eigenvalue weighted by Crippen LogP contribution is -2.47. The summed E-state index contributed by atoms with van der Waals surface area (Å²) in [5, 5.41) is 7.12. The number of ether oxygens (including phenoxy) is 2. The smallest absolute Gasteiger partial charge is 0.329 e. The lowest BCUT2D eigenvalue weighted by molar-refractivity contribution is -0.151. The summed E-state index contributed by atoms with van der Waals surface area (Å²) in [5.41, 5.74) is 0.349. The van der Waals surface area contributed by atoms with E-state index < -0.39 is 36.5 Å². The van der Waals surface area contributed by atoms with Crippen molar-refractivity contribution < 1.29 is 28.7 Å². The van der Waals surface area contributed by atoms with Crippen LogP contribution in [0.25, 0.3) is 0 Å². The minimum absolute atomic E-state index is 0.145. The van der Waals surface area contributed by atoms with Gasteiger partial charge in [-0.15, -0.1) is 0 Å². The van der Waals surface area contributed by atoms with Gasteiger partial charge in [0.2, 0.25) is 0 Å². The van der Waals surface area contributed by atoms with E-state index in [2.05, 4.69) is 10.6 Å². The molecule has 0 saturated carbocycles.